The van der Waals surface area contributed by atoms with Gasteiger partial charge in [0.15, 0.2) is 0 Å². The molecule has 1 fully saturated rings. The van der Waals surface area contributed by atoms with Crippen molar-refractivity contribution in [3.63, 3.8) is 0 Å². The summed E-state index contributed by atoms with van der Waals surface area (Å²) in [5.41, 5.74) is 4.60. The van der Waals surface area contributed by atoms with Crippen LogP contribution in [-0.2, 0) is 0 Å². The summed E-state index contributed by atoms with van der Waals surface area (Å²) < 4.78 is 0. The highest BCUT2D eigenvalue weighted by molar-refractivity contribution is 5.36. The lowest BCUT2D eigenvalue weighted by molar-refractivity contribution is 0.249. The average Bonchev–Trinajstić information content (AvgIpc) is 2.32. The molecule has 18 heavy (non-hydrogen) atoms. The van der Waals surface area contributed by atoms with Crippen molar-refractivity contribution in [2.45, 2.75) is 66.2 Å². The van der Waals surface area contributed by atoms with Crippen LogP contribution in [-0.4, -0.2) is 7.05 Å². The first-order chi connectivity index (χ1) is 8.63. The first-order valence-corrected chi connectivity index (χ1v) is 7.68. The van der Waals surface area contributed by atoms with E-state index in [0.717, 1.165) is 11.8 Å². The minimum atomic E-state index is 0.806. The average molecular weight is 249 g/mol. The Morgan fingerprint density at radius 1 is 1.28 bits per heavy atom. The third-order valence-corrected chi connectivity index (χ3v) is 4.25. The second-order valence-electron chi connectivity index (χ2n) is 5.88. The Morgan fingerprint density at radius 2 is 1.94 bits per heavy atom. The molecule has 1 rings (SSSR count). The van der Waals surface area contributed by atoms with Crippen LogP contribution in [0.1, 0.15) is 66.2 Å². The number of nitrogens with one attached hydrogen (secondary N) is 1. The quantitative estimate of drug-likeness (QED) is 0.491. The fourth-order valence-electron chi connectivity index (χ4n) is 3.15. The lowest BCUT2D eigenvalue weighted by Crippen LogP contribution is -2.27. The molecule has 1 saturated carbocycles. The van der Waals surface area contributed by atoms with Crippen molar-refractivity contribution in [1.29, 1.82) is 0 Å². The van der Waals surface area contributed by atoms with Gasteiger partial charge in [0.1, 0.15) is 0 Å². The predicted molar refractivity (Wildman–Crippen MR) is 81.5 cm³/mol. The van der Waals surface area contributed by atoms with Crippen LogP contribution in [0.3, 0.4) is 0 Å². The van der Waals surface area contributed by atoms with Crippen molar-refractivity contribution in [1.82, 2.24) is 5.32 Å². The second kappa shape index (κ2) is 7.66. The molecular formula is C17H31N. The molecular weight excluding hydrogens is 218 g/mol. The third-order valence-electron chi connectivity index (χ3n) is 4.25. The zero-order valence-electron chi connectivity index (χ0n) is 13.0. The summed E-state index contributed by atoms with van der Waals surface area (Å²) in [5.74, 6) is 1.73. The Balaban J connectivity index is 2.78. The van der Waals surface area contributed by atoms with E-state index < -0.39 is 0 Å². The summed E-state index contributed by atoms with van der Waals surface area (Å²) in [6.45, 7) is 9.13. The SMILES string of the molecule is C/C=C(NC)/C(=C(\C)CCCCC)C1CC(C)C1. The van der Waals surface area contributed by atoms with E-state index in [1.807, 2.05) is 0 Å². The van der Waals surface area contributed by atoms with E-state index in [1.54, 1.807) is 11.1 Å². The third kappa shape index (κ3) is 3.90. The van der Waals surface area contributed by atoms with Crippen molar-refractivity contribution >= 4 is 0 Å². The van der Waals surface area contributed by atoms with Gasteiger partial charge in [-0.2, -0.15) is 0 Å². The molecule has 0 spiro atoms. The van der Waals surface area contributed by atoms with Gasteiger partial charge in [0.2, 0.25) is 0 Å². The molecule has 1 heteroatoms. The minimum Gasteiger partial charge on any atom is -0.388 e. The molecule has 0 bridgehead atoms. The zero-order valence-corrected chi connectivity index (χ0v) is 13.0. The molecule has 1 aliphatic rings. The molecule has 0 radical (unpaired) electrons. The van der Waals surface area contributed by atoms with E-state index in [9.17, 15) is 0 Å². The van der Waals surface area contributed by atoms with Gasteiger partial charge in [-0.15, -0.1) is 0 Å². The van der Waals surface area contributed by atoms with Crippen LogP contribution in [0.25, 0.3) is 0 Å². The van der Waals surface area contributed by atoms with Crippen LogP contribution in [0, 0.1) is 11.8 Å². The highest BCUT2D eigenvalue weighted by Gasteiger charge is 2.30. The molecule has 0 aromatic heterocycles. The fraction of sp³-hybridized carbons (Fsp3) is 0.765. The van der Waals surface area contributed by atoms with Gasteiger partial charge in [-0.25, -0.2) is 0 Å². The number of hydrogen-bond acceptors (Lipinski definition) is 1. The van der Waals surface area contributed by atoms with Crippen molar-refractivity contribution in [2.75, 3.05) is 7.05 Å². The van der Waals surface area contributed by atoms with E-state index in [2.05, 4.69) is 46.1 Å². The smallest absolute Gasteiger partial charge is 0.0329 e. The number of hydrogen-bond donors (Lipinski definition) is 1. The van der Waals surface area contributed by atoms with Gasteiger partial charge in [-0.05, 0) is 56.9 Å². The molecule has 0 aliphatic heterocycles. The van der Waals surface area contributed by atoms with E-state index in [4.69, 9.17) is 0 Å². The molecule has 1 N–H and O–H groups in total. The molecule has 1 nitrogen and oxygen atoms in total. The number of unbranched alkanes of at least 4 members (excludes halogenated alkanes) is 2. The lowest BCUT2D eigenvalue weighted by Gasteiger charge is -2.37. The molecule has 0 unspecified atom stereocenters. The fourth-order valence-corrected chi connectivity index (χ4v) is 3.15. The largest absolute Gasteiger partial charge is 0.388 e. The van der Waals surface area contributed by atoms with Crippen LogP contribution in [0.5, 0.6) is 0 Å². The van der Waals surface area contributed by atoms with Crippen molar-refractivity contribution in [3.05, 3.63) is 22.9 Å². The van der Waals surface area contributed by atoms with Gasteiger partial charge < -0.3 is 5.32 Å². The van der Waals surface area contributed by atoms with E-state index >= 15 is 0 Å². The molecule has 0 heterocycles. The maximum atomic E-state index is 3.39. The van der Waals surface area contributed by atoms with Crippen LogP contribution in [0.15, 0.2) is 22.9 Å². The monoisotopic (exact) mass is 249 g/mol. The van der Waals surface area contributed by atoms with Crippen LogP contribution in [0.2, 0.25) is 0 Å². The Labute approximate surface area is 114 Å². The molecule has 104 valence electrons. The Morgan fingerprint density at radius 3 is 2.39 bits per heavy atom. The van der Waals surface area contributed by atoms with Crippen molar-refractivity contribution < 1.29 is 0 Å². The van der Waals surface area contributed by atoms with Gasteiger partial charge in [0.05, 0.1) is 0 Å². The van der Waals surface area contributed by atoms with Crippen molar-refractivity contribution in [3.8, 4) is 0 Å². The molecule has 1 aliphatic carbocycles. The second-order valence-corrected chi connectivity index (χ2v) is 5.88. The van der Waals surface area contributed by atoms with Crippen LogP contribution >= 0.6 is 0 Å². The number of likely N-dealkylation sites (N-methyl/N-ethyl adjacent to an activating group) is 1. The highest BCUT2D eigenvalue weighted by atomic mass is 14.8. The molecule has 0 aromatic rings. The van der Waals surface area contributed by atoms with E-state index in [0.29, 0.717) is 0 Å². The number of allylic oxidation sites excluding steroid dienone is 3. The lowest BCUT2D eigenvalue weighted by atomic mass is 9.70. The maximum Gasteiger partial charge on any atom is 0.0329 e. The molecule has 0 amide bonds. The molecule has 0 atom stereocenters. The Bertz CT molecular complexity index is 306. The summed E-state index contributed by atoms with van der Waals surface area (Å²) >= 11 is 0. The van der Waals surface area contributed by atoms with Crippen molar-refractivity contribution in [2.24, 2.45) is 11.8 Å². The molecule has 0 aromatic carbocycles. The van der Waals surface area contributed by atoms with E-state index in [1.165, 1.54) is 44.2 Å². The van der Waals surface area contributed by atoms with Gasteiger partial charge in [-0.3, -0.25) is 0 Å². The van der Waals surface area contributed by atoms with Crippen LogP contribution in [0.4, 0.5) is 0 Å². The summed E-state index contributed by atoms with van der Waals surface area (Å²) in [7, 11) is 2.05. The van der Waals surface area contributed by atoms with Gasteiger partial charge >= 0.3 is 0 Å². The summed E-state index contributed by atoms with van der Waals surface area (Å²) in [6.07, 6.45) is 10.3. The standard InChI is InChI=1S/C17H31N/c1-6-8-9-10-14(4)17(16(7-2)18-5)15-11-13(3)12-15/h7,13,15,18H,6,8-12H2,1-5H3/b16-7-,17-14+. The molecule has 0 saturated heterocycles. The summed E-state index contributed by atoms with van der Waals surface area (Å²) in [5, 5.41) is 3.39. The van der Waals surface area contributed by atoms with E-state index in [-0.39, 0.29) is 0 Å². The zero-order chi connectivity index (χ0) is 13.5. The summed E-state index contributed by atoms with van der Waals surface area (Å²) in [4.78, 5) is 0. The predicted octanol–water partition coefficient (Wildman–Crippen LogP) is 5.05. The summed E-state index contributed by atoms with van der Waals surface area (Å²) in [6, 6.07) is 0. The van der Waals surface area contributed by atoms with Gasteiger partial charge in [0.25, 0.3) is 0 Å². The maximum absolute atomic E-state index is 3.39. The number of rotatable bonds is 7. The Kier molecular flexibility index (Phi) is 6.52. The van der Waals surface area contributed by atoms with Gasteiger partial charge in [0, 0.05) is 12.7 Å². The highest BCUT2D eigenvalue weighted by Crippen LogP contribution is 2.42. The topological polar surface area (TPSA) is 12.0 Å². The van der Waals surface area contributed by atoms with Gasteiger partial charge in [-0.1, -0.05) is 38.3 Å². The normalized spacial score (nSPS) is 25.5. The van der Waals surface area contributed by atoms with Crippen LogP contribution < -0.4 is 5.32 Å². The first kappa shape index (κ1) is 15.3. The Hall–Kier alpha value is -0.720. The first-order valence-electron chi connectivity index (χ1n) is 7.68. The minimum absolute atomic E-state index is 0.806.